The van der Waals surface area contributed by atoms with Gasteiger partial charge in [0.05, 0.1) is 17.5 Å². The van der Waals surface area contributed by atoms with Gasteiger partial charge in [-0.15, -0.1) is 0 Å². The summed E-state index contributed by atoms with van der Waals surface area (Å²) in [6.07, 6.45) is -0.272. The van der Waals surface area contributed by atoms with Crippen LogP contribution in [-0.4, -0.2) is 32.1 Å². The molecule has 0 aliphatic carbocycles. The number of benzene rings is 1. The summed E-state index contributed by atoms with van der Waals surface area (Å²) in [5, 5.41) is 2.70. The van der Waals surface area contributed by atoms with Gasteiger partial charge in [0.25, 0.3) is 0 Å². The van der Waals surface area contributed by atoms with Crippen LogP contribution >= 0.6 is 0 Å². The van der Waals surface area contributed by atoms with Gasteiger partial charge in [0.15, 0.2) is 0 Å². The van der Waals surface area contributed by atoms with Crippen LogP contribution in [0.3, 0.4) is 0 Å². The molecule has 0 saturated carbocycles. The van der Waals surface area contributed by atoms with Gasteiger partial charge in [-0.1, -0.05) is 6.07 Å². The molecule has 0 atom stereocenters. The second-order valence-electron chi connectivity index (χ2n) is 6.12. The van der Waals surface area contributed by atoms with E-state index in [1.807, 2.05) is 0 Å². The first kappa shape index (κ1) is 21.7. The molecule has 0 unspecified atom stereocenters. The zero-order valence-corrected chi connectivity index (χ0v) is 15.9. The van der Waals surface area contributed by atoms with E-state index in [4.69, 9.17) is 0 Å². The molecule has 0 fully saturated rings. The molecule has 6 nitrogen and oxygen atoms in total. The van der Waals surface area contributed by atoms with Crippen molar-refractivity contribution in [3.05, 3.63) is 59.9 Å². The number of rotatable bonds is 8. The molecular weight excluding hydrogens is 395 g/mol. The summed E-state index contributed by atoms with van der Waals surface area (Å²) in [5.74, 6) is -0.283. The number of anilines is 1. The maximum atomic E-state index is 12.9. The first-order valence-corrected chi connectivity index (χ1v) is 10.2. The molecule has 0 aliphatic rings. The fraction of sp³-hybridized carbons (Fsp3) is 0.333. The molecule has 1 amide bonds. The maximum Gasteiger partial charge on any atom is 0.416 e. The monoisotopic (exact) mass is 415 g/mol. The Morgan fingerprint density at radius 1 is 1.18 bits per heavy atom. The largest absolute Gasteiger partial charge is 0.416 e. The summed E-state index contributed by atoms with van der Waals surface area (Å²) in [6.45, 7) is 0.202. The standard InChI is InChI=1S/C18H20F3N3O3S/c1-28(26,27)24(16-5-2-4-15(12-16)18(19,20)21)11-3-6-17(25)23-13-14-7-9-22-10-8-14/h2,4-5,7-10,12H,3,6,11,13H2,1H3,(H,23,25). The minimum atomic E-state index is -4.58. The molecule has 1 N–H and O–H groups in total. The number of pyridine rings is 1. The highest BCUT2D eigenvalue weighted by Crippen LogP contribution is 2.32. The van der Waals surface area contributed by atoms with Gasteiger partial charge < -0.3 is 5.32 Å². The molecule has 0 spiro atoms. The first-order chi connectivity index (χ1) is 13.1. The van der Waals surface area contributed by atoms with Crippen LogP contribution in [0.1, 0.15) is 24.0 Å². The lowest BCUT2D eigenvalue weighted by atomic mass is 10.2. The van der Waals surface area contributed by atoms with Crippen LogP contribution in [0.5, 0.6) is 0 Å². The minimum absolute atomic E-state index is 0.0378. The molecule has 2 rings (SSSR count). The summed E-state index contributed by atoms with van der Waals surface area (Å²) in [5.41, 5.74) is -0.159. The Balaban J connectivity index is 1.97. The van der Waals surface area contributed by atoms with Crippen molar-refractivity contribution in [3.8, 4) is 0 Å². The van der Waals surface area contributed by atoms with E-state index in [0.717, 1.165) is 34.3 Å². The predicted octanol–water partition coefficient (Wildman–Crippen LogP) is 2.96. The molecule has 0 radical (unpaired) electrons. The highest BCUT2D eigenvalue weighted by molar-refractivity contribution is 7.92. The van der Waals surface area contributed by atoms with Gasteiger partial charge in [-0.25, -0.2) is 8.42 Å². The Bertz CT molecular complexity index is 903. The van der Waals surface area contributed by atoms with Crippen LogP contribution in [0.4, 0.5) is 18.9 Å². The Hall–Kier alpha value is -2.62. The Morgan fingerprint density at radius 3 is 2.46 bits per heavy atom. The van der Waals surface area contributed by atoms with Crippen LogP contribution in [-0.2, 0) is 27.5 Å². The van der Waals surface area contributed by atoms with Gasteiger partial charge in [0, 0.05) is 31.9 Å². The molecule has 10 heteroatoms. The Morgan fingerprint density at radius 2 is 1.86 bits per heavy atom. The number of hydrogen-bond acceptors (Lipinski definition) is 4. The Labute approximate surface area is 161 Å². The number of amides is 1. The van der Waals surface area contributed by atoms with Crippen molar-refractivity contribution in [2.24, 2.45) is 0 Å². The predicted molar refractivity (Wildman–Crippen MR) is 99.0 cm³/mol. The van der Waals surface area contributed by atoms with E-state index >= 15 is 0 Å². The number of nitrogens with one attached hydrogen (secondary N) is 1. The van der Waals surface area contributed by atoms with Gasteiger partial charge in [0.2, 0.25) is 15.9 Å². The molecule has 152 valence electrons. The van der Waals surface area contributed by atoms with Crippen molar-refractivity contribution in [2.75, 3.05) is 17.1 Å². The van der Waals surface area contributed by atoms with Crippen LogP contribution < -0.4 is 9.62 Å². The molecule has 0 bridgehead atoms. The smallest absolute Gasteiger partial charge is 0.352 e. The van der Waals surface area contributed by atoms with Crippen LogP contribution in [0.15, 0.2) is 48.8 Å². The summed E-state index contributed by atoms with van der Waals surface area (Å²) < 4.78 is 63.6. The fourth-order valence-corrected chi connectivity index (χ4v) is 3.45. The molecule has 2 aromatic rings. The lowest BCUT2D eigenvalue weighted by molar-refractivity contribution is -0.137. The first-order valence-electron chi connectivity index (χ1n) is 8.38. The molecule has 28 heavy (non-hydrogen) atoms. The van der Waals surface area contributed by atoms with Gasteiger partial charge in [-0.2, -0.15) is 13.2 Å². The number of carbonyl (C=O) groups excluding carboxylic acids is 1. The fourth-order valence-electron chi connectivity index (χ4n) is 2.50. The zero-order chi connectivity index (χ0) is 20.8. The Kier molecular flexibility index (Phi) is 7.00. The molecule has 1 aromatic heterocycles. The van der Waals surface area contributed by atoms with Gasteiger partial charge in [-0.3, -0.25) is 14.1 Å². The van der Waals surface area contributed by atoms with E-state index in [9.17, 15) is 26.4 Å². The van der Waals surface area contributed by atoms with Crippen molar-refractivity contribution in [1.82, 2.24) is 10.3 Å². The van der Waals surface area contributed by atoms with Crippen LogP contribution in [0, 0.1) is 0 Å². The number of carbonyl (C=O) groups is 1. The SMILES string of the molecule is CS(=O)(=O)N(CCCC(=O)NCc1ccncc1)c1cccc(C(F)(F)F)c1. The van der Waals surface area contributed by atoms with E-state index < -0.39 is 21.8 Å². The van der Waals surface area contributed by atoms with E-state index in [-0.39, 0.29) is 31.0 Å². The normalized spacial score (nSPS) is 11.9. The lowest BCUT2D eigenvalue weighted by Gasteiger charge is -2.23. The molecule has 1 heterocycles. The lowest BCUT2D eigenvalue weighted by Crippen LogP contribution is -2.32. The molecule has 0 aliphatic heterocycles. The minimum Gasteiger partial charge on any atom is -0.352 e. The zero-order valence-electron chi connectivity index (χ0n) is 15.1. The summed E-state index contributed by atoms with van der Waals surface area (Å²) in [4.78, 5) is 15.8. The van der Waals surface area contributed by atoms with Gasteiger partial charge in [0.1, 0.15) is 0 Å². The number of aromatic nitrogens is 1. The molecule has 0 saturated heterocycles. The maximum absolute atomic E-state index is 12.9. The highest BCUT2D eigenvalue weighted by Gasteiger charge is 2.31. The third-order valence-corrected chi connectivity index (χ3v) is 5.06. The topological polar surface area (TPSA) is 79.4 Å². The van der Waals surface area contributed by atoms with E-state index in [1.165, 1.54) is 6.07 Å². The summed E-state index contributed by atoms with van der Waals surface area (Å²) in [7, 11) is -3.81. The average Bonchev–Trinajstić information content (AvgIpc) is 2.63. The quantitative estimate of drug-likeness (QED) is 0.719. The number of sulfonamides is 1. The summed E-state index contributed by atoms with van der Waals surface area (Å²) in [6, 6.07) is 7.59. The second-order valence-corrected chi connectivity index (χ2v) is 8.03. The van der Waals surface area contributed by atoms with Crippen molar-refractivity contribution in [2.45, 2.75) is 25.6 Å². The van der Waals surface area contributed by atoms with Crippen molar-refractivity contribution in [3.63, 3.8) is 0 Å². The third-order valence-electron chi connectivity index (χ3n) is 3.87. The van der Waals surface area contributed by atoms with Crippen LogP contribution in [0.2, 0.25) is 0 Å². The van der Waals surface area contributed by atoms with Crippen molar-refractivity contribution < 1.29 is 26.4 Å². The number of hydrogen-bond donors (Lipinski definition) is 1. The van der Waals surface area contributed by atoms with E-state index in [1.54, 1.807) is 24.5 Å². The second kappa shape index (κ2) is 9.05. The third kappa shape index (κ3) is 6.52. The van der Waals surface area contributed by atoms with Gasteiger partial charge >= 0.3 is 6.18 Å². The van der Waals surface area contributed by atoms with Gasteiger partial charge in [-0.05, 0) is 42.3 Å². The molecular formula is C18H20F3N3O3S. The average molecular weight is 415 g/mol. The summed E-state index contributed by atoms with van der Waals surface area (Å²) >= 11 is 0. The molecule has 1 aromatic carbocycles. The van der Waals surface area contributed by atoms with Crippen molar-refractivity contribution in [1.29, 1.82) is 0 Å². The van der Waals surface area contributed by atoms with Crippen LogP contribution in [0.25, 0.3) is 0 Å². The van der Waals surface area contributed by atoms with E-state index in [2.05, 4.69) is 10.3 Å². The number of halogens is 3. The van der Waals surface area contributed by atoms with Crippen molar-refractivity contribution >= 4 is 21.6 Å². The number of alkyl halides is 3. The van der Waals surface area contributed by atoms with E-state index in [0.29, 0.717) is 6.54 Å². The number of nitrogens with zero attached hydrogens (tertiary/aromatic N) is 2. The highest BCUT2D eigenvalue weighted by atomic mass is 32.2.